The molecule has 2 heteroatoms. The van der Waals surface area contributed by atoms with Gasteiger partial charge >= 0.3 is 0 Å². The molecule has 0 aromatic heterocycles. The predicted molar refractivity (Wildman–Crippen MR) is 64.6 cm³/mol. The standard InChI is InChI=1S/C14H11ClO/c15-13-8-4-7-12(9-13)14(10-16-14)11-5-2-1-3-6-11/h1-9H,10H2. The van der Waals surface area contributed by atoms with Crippen LogP contribution in [0.3, 0.4) is 0 Å². The normalized spacial score (nSPS) is 23.1. The maximum Gasteiger partial charge on any atom is 0.142 e. The summed E-state index contributed by atoms with van der Waals surface area (Å²) < 4.78 is 5.66. The Hall–Kier alpha value is -1.31. The highest BCUT2D eigenvalue weighted by Crippen LogP contribution is 2.45. The van der Waals surface area contributed by atoms with Crippen LogP contribution in [0.5, 0.6) is 0 Å². The SMILES string of the molecule is Clc1cccc(C2(c3ccccc3)CO2)c1. The zero-order chi connectivity index (χ0) is 11.0. The highest BCUT2D eigenvalue weighted by molar-refractivity contribution is 6.30. The third-order valence-corrected chi connectivity index (χ3v) is 3.20. The summed E-state index contributed by atoms with van der Waals surface area (Å²) in [7, 11) is 0. The molecule has 0 amide bonds. The fourth-order valence-corrected chi connectivity index (χ4v) is 2.21. The van der Waals surface area contributed by atoms with Crippen LogP contribution >= 0.6 is 11.6 Å². The maximum atomic E-state index is 6.01. The monoisotopic (exact) mass is 230 g/mol. The smallest absolute Gasteiger partial charge is 0.142 e. The van der Waals surface area contributed by atoms with Crippen molar-refractivity contribution in [2.24, 2.45) is 0 Å². The molecule has 0 radical (unpaired) electrons. The van der Waals surface area contributed by atoms with Gasteiger partial charge in [0.1, 0.15) is 5.60 Å². The number of benzene rings is 2. The Kier molecular flexibility index (Phi) is 2.23. The molecule has 0 N–H and O–H groups in total. The van der Waals surface area contributed by atoms with Gasteiger partial charge in [-0.3, -0.25) is 0 Å². The third-order valence-electron chi connectivity index (χ3n) is 2.96. The van der Waals surface area contributed by atoms with Gasteiger partial charge in [0.15, 0.2) is 0 Å². The predicted octanol–water partition coefficient (Wildman–Crippen LogP) is 3.61. The van der Waals surface area contributed by atoms with Gasteiger partial charge in [-0.1, -0.05) is 54.1 Å². The Morgan fingerprint density at radius 3 is 2.25 bits per heavy atom. The first-order valence-corrected chi connectivity index (χ1v) is 5.65. The lowest BCUT2D eigenvalue weighted by atomic mass is 9.92. The summed E-state index contributed by atoms with van der Waals surface area (Å²) in [4.78, 5) is 0. The van der Waals surface area contributed by atoms with E-state index in [0.29, 0.717) is 0 Å². The molecular weight excluding hydrogens is 220 g/mol. The molecule has 0 aliphatic carbocycles. The maximum absolute atomic E-state index is 6.01. The minimum atomic E-state index is -0.258. The molecule has 1 heterocycles. The van der Waals surface area contributed by atoms with Crippen LogP contribution in [0, 0.1) is 0 Å². The van der Waals surface area contributed by atoms with Crippen molar-refractivity contribution in [3.63, 3.8) is 0 Å². The molecule has 1 aliphatic rings. The highest BCUT2D eigenvalue weighted by Gasteiger charge is 2.48. The minimum Gasteiger partial charge on any atom is -0.359 e. The Bertz CT molecular complexity index is 503. The first kappa shape index (κ1) is 9.88. The Labute approximate surface area is 99.6 Å². The van der Waals surface area contributed by atoms with Crippen LogP contribution in [0.2, 0.25) is 5.02 Å². The molecule has 1 saturated heterocycles. The topological polar surface area (TPSA) is 12.5 Å². The molecule has 1 aliphatic heterocycles. The average molecular weight is 231 g/mol. The van der Waals surface area contributed by atoms with Gasteiger partial charge in [0.05, 0.1) is 6.61 Å². The number of rotatable bonds is 2. The molecule has 0 saturated carbocycles. The first-order valence-electron chi connectivity index (χ1n) is 5.27. The summed E-state index contributed by atoms with van der Waals surface area (Å²) >= 11 is 6.01. The van der Waals surface area contributed by atoms with Gasteiger partial charge in [-0.25, -0.2) is 0 Å². The van der Waals surface area contributed by atoms with Gasteiger partial charge in [0.2, 0.25) is 0 Å². The lowest BCUT2D eigenvalue weighted by Crippen LogP contribution is -2.10. The molecule has 16 heavy (non-hydrogen) atoms. The van der Waals surface area contributed by atoms with Crippen molar-refractivity contribution >= 4 is 11.6 Å². The number of epoxide rings is 1. The number of hydrogen-bond donors (Lipinski definition) is 0. The van der Waals surface area contributed by atoms with Crippen LogP contribution in [-0.4, -0.2) is 6.61 Å². The fourth-order valence-electron chi connectivity index (χ4n) is 2.02. The van der Waals surface area contributed by atoms with Crippen LogP contribution in [0.25, 0.3) is 0 Å². The van der Waals surface area contributed by atoms with Crippen LogP contribution in [0.15, 0.2) is 54.6 Å². The zero-order valence-corrected chi connectivity index (χ0v) is 9.45. The van der Waals surface area contributed by atoms with Crippen molar-refractivity contribution in [2.45, 2.75) is 5.60 Å². The molecular formula is C14H11ClO. The summed E-state index contributed by atoms with van der Waals surface area (Å²) in [6.07, 6.45) is 0. The summed E-state index contributed by atoms with van der Waals surface area (Å²) in [5.41, 5.74) is 2.06. The van der Waals surface area contributed by atoms with Crippen LogP contribution in [-0.2, 0) is 10.3 Å². The van der Waals surface area contributed by atoms with E-state index >= 15 is 0 Å². The molecule has 0 spiro atoms. The summed E-state index contributed by atoms with van der Waals surface area (Å²) in [5, 5.41) is 0.753. The van der Waals surface area contributed by atoms with Gasteiger partial charge in [-0.2, -0.15) is 0 Å². The van der Waals surface area contributed by atoms with Gasteiger partial charge in [0, 0.05) is 5.02 Å². The number of hydrogen-bond acceptors (Lipinski definition) is 1. The van der Waals surface area contributed by atoms with Gasteiger partial charge in [-0.05, 0) is 23.3 Å². The molecule has 80 valence electrons. The second-order valence-corrected chi connectivity index (χ2v) is 4.43. The number of halogens is 1. The van der Waals surface area contributed by atoms with Crippen molar-refractivity contribution in [3.8, 4) is 0 Å². The summed E-state index contributed by atoms with van der Waals surface area (Å²) in [6.45, 7) is 0.733. The molecule has 2 aromatic rings. The molecule has 1 atom stereocenters. The van der Waals surface area contributed by atoms with Crippen molar-refractivity contribution in [1.29, 1.82) is 0 Å². The van der Waals surface area contributed by atoms with Crippen molar-refractivity contribution < 1.29 is 4.74 Å². The quantitative estimate of drug-likeness (QED) is 0.718. The van der Waals surface area contributed by atoms with Crippen molar-refractivity contribution in [2.75, 3.05) is 6.61 Å². The molecule has 0 bridgehead atoms. The molecule has 1 unspecified atom stereocenters. The Morgan fingerprint density at radius 2 is 1.62 bits per heavy atom. The van der Waals surface area contributed by atoms with E-state index in [9.17, 15) is 0 Å². The second-order valence-electron chi connectivity index (χ2n) is 3.99. The summed E-state index contributed by atoms with van der Waals surface area (Å²) in [6, 6.07) is 18.1. The van der Waals surface area contributed by atoms with E-state index < -0.39 is 0 Å². The highest BCUT2D eigenvalue weighted by atomic mass is 35.5. The van der Waals surface area contributed by atoms with E-state index in [2.05, 4.69) is 18.2 Å². The largest absolute Gasteiger partial charge is 0.359 e. The Morgan fingerprint density at radius 1 is 0.938 bits per heavy atom. The fraction of sp³-hybridized carbons (Fsp3) is 0.143. The van der Waals surface area contributed by atoms with Crippen LogP contribution < -0.4 is 0 Å². The van der Waals surface area contributed by atoms with E-state index in [1.807, 2.05) is 36.4 Å². The molecule has 1 fully saturated rings. The van der Waals surface area contributed by atoms with Gasteiger partial charge in [-0.15, -0.1) is 0 Å². The van der Waals surface area contributed by atoms with E-state index in [1.165, 1.54) is 5.56 Å². The van der Waals surface area contributed by atoms with Crippen LogP contribution in [0.4, 0.5) is 0 Å². The molecule has 2 aromatic carbocycles. The number of ether oxygens (including phenoxy) is 1. The minimum absolute atomic E-state index is 0.258. The third kappa shape index (κ3) is 1.53. The second kappa shape index (κ2) is 3.62. The van der Waals surface area contributed by atoms with Gasteiger partial charge < -0.3 is 4.74 Å². The first-order chi connectivity index (χ1) is 7.81. The lowest BCUT2D eigenvalue weighted by molar-refractivity contribution is 0.349. The lowest BCUT2D eigenvalue weighted by Gasteiger charge is -2.12. The Balaban J connectivity index is 2.07. The molecule has 3 rings (SSSR count). The van der Waals surface area contributed by atoms with Crippen LogP contribution in [0.1, 0.15) is 11.1 Å². The van der Waals surface area contributed by atoms with Crippen molar-refractivity contribution in [1.82, 2.24) is 0 Å². The van der Waals surface area contributed by atoms with Crippen molar-refractivity contribution in [3.05, 3.63) is 70.7 Å². The van der Waals surface area contributed by atoms with E-state index in [4.69, 9.17) is 16.3 Å². The average Bonchev–Trinajstić information content (AvgIpc) is 3.11. The summed E-state index contributed by atoms with van der Waals surface area (Å²) in [5.74, 6) is 0. The zero-order valence-electron chi connectivity index (χ0n) is 8.69. The van der Waals surface area contributed by atoms with E-state index in [-0.39, 0.29) is 5.60 Å². The molecule has 1 nitrogen and oxygen atoms in total. The van der Waals surface area contributed by atoms with E-state index in [1.54, 1.807) is 0 Å². The van der Waals surface area contributed by atoms with Gasteiger partial charge in [0.25, 0.3) is 0 Å². The van der Waals surface area contributed by atoms with E-state index in [0.717, 1.165) is 17.2 Å².